The zero-order chi connectivity index (χ0) is 17.1. The van der Waals surface area contributed by atoms with E-state index in [0.29, 0.717) is 16.9 Å². The Morgan fingerprint density at radius 1 is 0.792 bits per heavy atom. The molecule has 0 saturated carbocycles. The number of hydrogen-bond acceptors (Lipinski definition) is 6. The summed E-state index contributed by atoms with van der Waals surface area (Å²) in [5.74, 6) is -0.830. The summed E-state index contributed by atoms with van der Waals surface area (Å²) in [4.78, 5) is 24.7. The van der Waals surface area contributed by atoms with Crippen LogP contribution in [0.3, 0.4) is 0 Å². The van der Waals surface area contributed by atoms with Crippen molar-refractivity contribution in [1.29, 1.82) is 0 Å². The van der Waals surface area contributed by atoms with E-state index in [1.54, 1.807) is 24.3 Å². The molecular weight excluding hydrogens is 332 g/mol. The van der Waals surface area contributed by atoms with Crippen molar-refractivity contribution in [2.75, 3.05) is 10.6 Å². The Morgan fingerprint density at radius 2 is 1.38 bits per heavy atom. The average molecular weight is 342 g/mol. The van der Waals surface area contributed by atoms with E-state index in [-0.39, 0.29) is 27.6 Å². The van der Waals surface area contributed by atoms with Crippen LogP contribution in [0, 0.1) is 0 Å². The highest BCUT2D eigenvalue weighted by atomic mass is 32.2. The lowest BCUT2D eigenvalue weighted by Crippen LogP contribution is -2.13. The molecule has 2 heterocycles. The fraction of sp³-hybridized carbons (Fsp3) is 0. The maximum atomic E-state index is 12.6. The van der Waals surface area contributed by atoms with Crippen LogP contribution < -0.4 is 10.6 Å². The van der Waals surface area contributed by atoms with E-state index < -0.39 is 15.9 Å². The summed E-state index contributed by atoms with van der Waals surface area (Å²) >= 11 is 0. The number of rotatable bonds is 1. The molecule has 0 radical (unpaired) electrons. The highest BCUT2D eigenvalue weighted by molar-refractivity contribution is 7.85. The molecule has 0 bridgehead atoms. The first kappa shape index (κ1) is 14.6. The second-order valence-electron chi connectivity index (χ2n) is 5.39. The first-order valence-corrected chi connectivity index (χ1v) is 8.38. The second-order valence-corrected chi connectivity index (χ2v) is 6.81. The zero-order valence-electron chi connectivity index (χ0n) is 12.0. The molecule has 3 N–H and O–H groups in total. The number of nitrogens with one attached hydrogen (secondary N) is 2. The summed E-state index contributed by atoms with van der Waals surface area (Å²) in [6.45, 7) is 0. The van der Waals surface area contributed by atoms with Crippen molar-refractivity contribution in [2.45, 2.75) is 4.90 Å². The predicted octanol–water partition coefficient (Wildman–Crippen LogP) is 2.06. The van der Waals surface area contributed by atoms with E-state index in [9.17, 15) is 18.0 Å². The van der Waals surface area contributed by atoms with Gasteiger partial charge in [-0.15, -0.1) is 0 Å². The molecule has 24 heavy (non-hydrogen) atoms. The summed E-state index contributed by atoms with van der Waals surface area (Å²) < 4.78 is 31.6. The highest BCUT2D eigenvalue weighted by Gasteiger charge is 2.35. The molecule has 4 rings (SSSR count). The minimum Gasteiger partial charge on any atom is -0.350 e. The largest absolute Gasteiger partial charge is 0.350 e. The third-order valence-electron chi connectivity index (χ3n) is 3.93. The second kappa shape index (κ2) is 4.76. The molecule has 0 amide bonds. The molecule has 0 unspecified atom stereocenters. The number of fused-ring (bicyclic) bond motifs is 2. The summed E-state index contributed by atoms with van der Waals surface area (Å²) in [7, 11) is -4.42. The Hall–Kier alpha value is -2.97. The molecule has 2 aliphatic heterocycles. The predicted molar refractivity (Wildman–Crippen MR) is 85.6 cm³/mol. The molecule has 0 fully saturated rings. The Kier molecular flexibility index (Phi) is 2.90. The first-order valence-electron chi connectivity index (χ1n) is 6.94. The van der Waals surface area contributed by atoms with Gasteiger partial charge in [-0.05, 0) is 30.3 Å². The van der Waals surface area contributed by atoms with Crippen LogP contribution in [0.15, 0.2) is 58.8 Å². The topological polar surface area (TPSA) is 113 Å². The van der Waals surface area contributed by atoms with Crippen molar-refractivity contribution in [3.8, 4) is 0 Å². The normalized spacial score (nSPS) is 18.9. The molecule has 0 aromatic heterocycles. The number of allylic oxidation sites excluding steroid dienone is 2. The molecule has 2 aliphatic rings. The number of carbonyl (C=O) groups is 2. The molecule has 2 aromatic carbocycles. The number of benzene rings is 2. The Morgan fingerprint density at radius 3 is 2.00 bits per heavy atom. The lowest BCUT2D eigenvalue weighted by atomic mass is 10.1. The molecule has 120 valence electrons. The number of ketones is 2. The molecule has 0 aliphatic carbocycles. The minimum absolute atomic E-state index is 0.0543. The van der Waals surface area contributed by atoms with Crippen LogP contribution in [0.5, 0.6) is 0 Å². The van der Waals surface area contributed by atoms with Crippen LogP contribution in [0.25, 0.3) is 0 Å². The lowest BCUT2D eigenvalue weighted by Gasteiger charge is -2.03. The van der Waals surface area contributed by atoms with Crippen LogP contribution >= 0.6 is 0 Å². The van der Waals surface area contributed by atoms with Crippen LogP contribution in [0.1, 0.15) is 20.7 Å². The van der Waals surface area contributed by atoms with Crippen molar-refractivity contribution >= 4 is 33.1 Å². The van der Waals surface area contributed by atoms with Crippen molar-refractivity contribution in [3.05, 3.63) is 65.0 Å². The van der Waals surface area contributed by atoms with E-state index in [4.69, 9.17) is 4.55 Å². The molecule has 0 spiro atoms. The maximum Gasteiger partial charge on any atom is 0.294 e. The first-order chi connectivity index (χ1) is 11.4. The average Bonchev–Trinajstić information content (AvgIpc) is 3.05. The summed E-state index contributed by atoms with van der Waals surface area (Å²) in [6.07, 6.45) is 0. The third kappa shape index (κ3) is 2.04. The van der Waals surface area contributed by atoms with Gasteiger partial charge < -0.3 is 10.6 Å². The summed E-state index contributed by atoms with van der Waals surface area (Å²) in [5, 5.41) is 5.76. The van der Waals surface area contributed by atoms with E-state index in [1.165, 1.54) is 12.1 Å². The van der Waals surface area contributed by atoms with Crippen LogP contribution in [0.4, 0.5) is 11.4 Å². The maximum absolute atomic E-state index is 12.6. The van der Waals surface area contributed by atoms with Crippen molar-refractivity contribution in [3.63, 3.8) is 0 Å². The third-order valence-corrected chi connectivity index (χ3v) is 4.78. The Balaban J connectivity index is 1.81. The van der Waals surface area contributed by atoms with Gasteiger partial charge >= 0.3 is 0 Å². The van der Waals surface area contributed by atoms with Gasteiger partial charge in [0.2, 0.25) is 11.6 Å². The summed E-state index contributed by atoms with van der Waals surface area (Å²) in [5.41, 5.74) is 1.70. The van der Waals surface area contributed by atoms with Gasteiger partial charge in [0.15, 0.2) is 0 Å². The lowest BCUT2D eigenvalue weighted by molar-refractivity contribution is 0.101. The Labute approximate surface area is 136 Å². The van der Waals surface area contributed by atoms with Gasteiger partial charge in [0.25, 0.3) is 10.1 Å². The quantitative estimate of drug-likeness (QED) is 0.537. The number of hydrogen-bond donors (Lipinski definition) is 3. The van der Waals surface area contributed by atoms with Crippen LogP contribution in [-0.2, 0) is 10.1 Å². The SMILES string of the molecule is O=C1C(=C2Nc3ccc(S(=O)(=O)O)cc3C2=O)Nc2ccccc21. The standard InChI is InChI=1S/C16H10N2O5S/c19-15-9-3-1-2-4-11(9)17-13(15)14-16(20)10-7-8(24(21,22)23)5-6-12(10)18-14/h1-7,17-18H,(H,21,22,23). The van der Waals surface area contributed by atoms with Crippen LogP contribution in [-0.4, -0.2) is 24.5 Å². The van der Waals surface area contributed by atoms with Crippen molar-refractivity contribution < 1.29 is 22.6 Å². The van der Waals surface area contributed by atoms with Gasteiger partial charge in [0.1, 0.15) is 11.4 Å². The van der Waals surface area contributed by atoms with Gasteiger partial charge in [-0.1, -0.05) is 12.1 Å². The van der Waals surface area contributed by atoms with Crippen molar-refractivity contribution in [1.82, 2.24) is 0 Å². The number of Topliss-reactive ketones (excluding diaryl/α,β-unsaturated/α-hetero) is 2. The molecule has 2 aromatic rings. The van der Waals surface area contributed by atoms with E-state index in [1.807, 2.05) is 0 Å². The zero-order valence-corrected chi connectivity index (χ0v) is 12.8. The van der Waals surface area contributed by atoms with Gasteiger partial charge in [-0.25, -0.2) is 0 Å². The minimum atomic E-state index is -4.42. The van der Waals surface area contributed by atoms with Gasteiger partial charge in [0.05, 0.1) is 10.6 Å². The monoisotopic (exact) mass is 342 g/mol. The van der Waals surface area contributed by atoms with Gasteiger partial charge in [0, 0.05) is 16.8 Å². The molecular formula is C16H10N2O5S. The van der Waals surface area contributed by atoms with Crippen LogP contribution in [0.2, 0.25) is 0 Å². The van der Waals surface area contributed by atoms with Gasteiger partial charge in [-0.2, -0.15) is 8.42 Å². The van der Waals surface area contributed by atoms with E-state index in [2.05, 4.69) is 10.6 Å². The number of para-hydroxylation sites is 1. The molecule has 8 heteroatoms. The fourth-order valence-corrected chi connectivity index (χ4v) is 3.28. The number of carbonyl (C=O) groups excluding carboxylic acids is 2. The fourth-order valence-electron chi connectivity index (χ4n) is 2.78. The molecule has 0 saturated heterocycles. The molecule has 7 nitrogen and oxygen atoms in total. The Bertz CT molecular complexity index is 1070. The van der Waals surface area contributed by atoms with E-state index >= 15 is 0 Å². The van der Waals surface area contributed by atoms with Crippen molar-refractivity contribution in [2.24, 2.45) is 0 Å². The van der Waals surface area contributed by atoms with Gasteiger partial charge in [-0.3, -0.25) is 14.1 Å². The smallest absolute Gasteiger partial charge is 0.294 e. The summed E-state index contributed by atoms with van der Waals surface area (Å²) in [6, 6.07) is 10.5. The highest BCUT2D eigenvalue weighted by Crippen LogP contribution is 2.35. The van der Waals surface area contributed by atoms with E-state index in [0.717, 1.165) is 6.07 Å². The molecule has 0 atom stereocenters. The number of anilines is 2.